The van der Waals surface area contributed by atoms with Crippen molar-refractivity contribution in [1.82, 2.24) is 0 Å². The molecule has 1 heterocycles. The average Bonchev–Trinajstić information content (AvgIpc) is 2.29. The van der Waals surface area contributed by atoms with E-state index >= 15 is 0 Å². The Morgan fingerprint density at radius 2 is 2.30 bits per heavy atom. The predicted molar refractivity (Wildman–Crippen MR) is 40.9 cm³/mol. The fraction of sp³-hybridized carbons (Fsp3) is 1.00. The molecular weight excluding hydrogens is 124 g/mol. The van der Waals surface area contributed by atoms with Gasteiger partial charge in [-0.1, -0.05) is 13.3 Å². The molecule has 1 saturated heterocycles. The minimum atomic E-state index is 0.667. The first kappa shape index (κ1) is 6.66. The number of ether oxygens (including phenoxy) is 1. The van der Waals surface area contributed by atoms with Crippen LogP contribution in [0.5, 0.6) is 0 Å². The van der Waals surface area contributed by atoms with Crippen molar-refractivity contribution in [2.24, 2.45) is 11.3 Å². The zero-order valence-electron chi connectivity index (χ0n) is 6.73. The summed E-state index contributed by atoms with van der Waals surface area (Å²) in [6, 6.07) is 0. The van der Waals surface area contributed by atoms with Crippen LogP contribution < -0.4 is 0 Å². The summed E-state index contributed by atoms with van der Waals surface area (Å²) in [5.74, 6) is 1.02. The summed E-state index contributed by atoms with van der Waals surface area (Å²) < 4.78 is 5.25. The lowest BCUT2D eigenvalue weighted by Gasteiger charge is -2.38. The highest BCUT2D eigenvalue weighted by molar-refractivity contribution is 4.92. The summed E-state index contributed by atoms with van der Waals surface area (Å²) in [6.07, 6.45) is 5.72. The zero-order chi connectivity index (χ0) is 7.03. The Kier molecular flexibility index (Phi) is 1.48. The lowest BCUT2D eigenvalue weighted by atomic mass is 9.83. The van der Waals surface area contributed by atoms with Crippen molar-refractivity contribution < 1.29 is 4.74 Å². The van der Waals surface area contributed by atoms with Crippen molar-refractivity contribution in [2.75, 3.05) is 13.2 Å². The summed E-state index contributed by atoms with van der Waals surface area (Å²) >= 11 is 0. The molecule has 0 N–H and O–H groups in total. The Hall–Kier alpha value is -0.0400. The van der Waals surface area contributed by atoms with Crippen LogP contribution in [0.15, 0.2) is 0 Å². The summed E-state index contributed by atoms with van der Waals surface area (Å²) in [7, 11) is 0. The Morgan fingerprint density at radius 1 is 1.50 bits per heavy atom. The van der Waals surface area contributed by atoms with Gasteiger partial charge in [-0.2, -0.15) is 0 Å². The SMILES string of the molecule is CC[C@H]1CCC2(COC2)C1. The first-order valence-electron chi connectivity index (χ1n) is 4.42. The van der Waals surface area contributed by atoms with Gasteiger partial charge in [-0.25, -0.2) is 0 Å². The Morgan fingerprint density at radius 3 is 2.60 bits per heavy atom. The topological polar surface area (TPSA) is 9.23 Å². The van der Waals surface area contributed by atoms with E-state index in [0.29, 0.717) is 5.41 Å². The molecule has 1 aliphatic carbocycles. The summed E-state index contributed by atoms with van der Waals surface area (Å²) in [4.78, 5) is 0. The highest BCUT2D eigenvalue weighted by Gasteiger charge is 2.44. The molecule has 1 nitrogen and oxygen atoms in total. The largest absolute Gasteiger partial charge is 0.380 e. The van der Waals surface area contributed by atoms with Gasteiger partial charge in [0.25, 0.3) is 0 Å². The Bertz CT molecular complexity index is 127. The van der Waals surface area contributed by atoms with E-state index in [1.807, 2.05) is 0 Å². The average molecular weight is 140 g/mol. The van der Waals surface area contributed by atoms with Crippen molar-refractivity contribution >= 4 is 0 Å². The molecule has 1 saturated carbocycles. The van der Waals surface area contributed by atoms with Gasteiger partial charge in [-0.15, -0.1) is 0 Å². The van der Waals surface area contributed by atoms with Gasteiger partial charge in [0.05, 0.1) is 13.2 Å². The zero-order valence-corrected chi connectivity index (χ0v) is 6.73. The molecule has 1 aliphatic heterocycles. The molecule has 0 amide bonds. The van der Waals surface area contributed by atoms with E-state index < -0.39 is 0 Å². The van der Waals surface area contributed by atoms with E-state index in [1.165, 1.54) is 25.7 Å². The highest BCUT2D eigenvalue weighted by Crippen LogP contribution is 2.47. The molecule has 0 aromatic carbocycles. The van der Waals surface area contributed by atoms with Crippen LogP contribution in [0.3, 0.4) is 0 Å². The summed E-state index contributed by atoms with van der Waals surface area (Å²) in [5.41, 5.74) is 0.667. The van der Waals surface area contributed by atoms with Gasteiger partial charge in [-0.05, 0) is 25.2 Å². The molecule has 0 aromatic heterocycles. The van der Waals surface area contributed by atoms with Crippen LogP contribution in [0.25, 0.3) is 0 Å². The van der Waals surface area contributed by atoms with Gasteiger partial charge in [0, 0.05) is 5.41 Å². The maximum atomic E-state index is 5.25. The minimum Gasteiger partial charge on any atom is -0.380 e. The van der Waals surface area contributed by atoms with Crippen LogP contribution in [0.4, 0.5) is 0 Å². The van der Waals surface area contributed by atoms with Crippen LogP contribution in [-0.2, 0) is 4.74 Å². The third-order valence-corrected chi connectivity index (χ3v) is 3.20. The van der Waals surface area contributed by atoms with Gasteiger partial charge >= 0.3 is 0 Å². The molecule has 0 radical (unpaired) electrons. The Labute approximate surface area is 62.8 Å². The predicted octanol–water partition coefficient (Wildman–Crippen LogP) is 2.21. The molecule has 2 fully saturated rings. The lowest BCUT2D eigenvalue weighted by molar-refractivity contribution is -0.110. The van der Waals surface area contributed by atoms with Crippen molar-refractivity contribution in [2.45, 2.75) is 32.6 Å². The summed E-state index contributed by atoms with van der Waals surface area (Å²) in [5, 5.41) is 0. The van der Waals surface area contributed by atoms with Crippen molar-refractivity contribution in [3.8, 4) is 0 Å². The maximum Gasteiger partial charge on any atom is 0.0544 e. The van der Waals surface area contributed by atoms with E-state index in [0.717, 1.165) is 19.1 Å². The molecule has 0 unspecified atom stereocenters. The highest BCUT2D eigenvalue weighted by atomic mass is 16.5. The van der Waals surface area contributed by atoms with E-state index in [4.69, 9.17) is 4.74 Å². The second-order valence-corrected chi connectivity index (χ2v) is 4.01. The molecule has 2 aliphatic rings. The van der Waals surface area contributed by atoms with Gasteiger partial charge in [0.2, 0.25) is 0 Å². The van der Waals surface area contributed by atoms with Crippen LogP contribution in [0.1, 0.15) is 32.6 Å². The van der Waals surface area contributed by atoms with Crippen molar-refractivity contribution in [3.05, 3.63) is 0 Å². The second-order valence-electron chi connectivity index (χ2n) is 4.01. The second kappa shape index (κ2) is 2.23. The van der Waals surface area contributed by atoms with Crippen LogP contribution in [0.2, 0.25) is 0 Å². The molecule has 0 aromatic rings. The first-order chi connectivity index (χ1) is 4.85. The van der Waals surface area contributed by atoms with E-state index in [2.05, 4.69) is 6.92 Å². The minimum absolute atomic E-state index is 0.667. The normalized spacial score (nSPS) is 36.3. The Balaban J connectivity index is 1.92. The van der Waals surface area contributed by atoms with Gasteiger partial charge in [0.15, 0.2) is 0 Å². The van der Waals surface area contributed by atoms with Crippen LogP contribution >= 0.6 is 0 Å². The molecular formula is C9H16O. The standard InChI is InChI=1S/C9H16O/c1-2-8-3-4-9(5-8)6-10-7-9/h8H,2-7H2,1H3/t8-/m0/s1. The number of hydrogen-bond donors (Lipinski definition) is 0. The fourth-order valence-electron chi connectivity index (χ4n) is 2.33. The van der Waals surface area contributed by atoms with E-state index in [9.17, 15) is 0 Å². The lowest BCUT2D eigenvalue weighted by Crippen LogP contribution is -2.40. The molecule has 2 rings (SSSR count). The smallest absolute Gasteiger partial charge is 0.0544 e. The molecule has 1 heteroatoms. The molecule has 58 valence electrons. The number of rotatable bonds is 1. The number of hydrogen-bond acceptors (Lipinski definition) is 1. The molecule has 1 atom stereocenters. The van der Waals surface area contributed by atoms with Gasteiger partial charge < -0.3 is 4.74 Å². The third kappa shape index (κ3) is 0.878. The van der Waals surface area contributed by atoms with E-state index in [-0.39, 0.29) is 0 Å². The van der Waals surface area contributed by atoms with Gasteiger partial charge in [-0.3, -0.25) is 0 Å². The summed E-state index contributed by atoms with van der Waals surface area (Å²) in [6.45, 7) is 4.43. The van der Waals surface area contributed by atoms with E-state index in [1.54, 1.807) is 0 Å². The first-order valence-corrected chi connectivity index (χ1v) is 4.42. The van der Waals surface area contributed by atoms with Crippen molar-refractivity contribution in [1.29, 1.82) is 0 Å². The quantitative estimate of drug-likeness (QED) is 0.542. The molecule has 1 spiro atoms. The maximum absolute atomic E-state index is 5.25. The monoisotopic (exact) mass is 140 g/mol. The fourth-order valence-corrected chi connectivity index (χ4v) is 2.33. The van der Waals surface area contributed by atoms with Crippen molar-refractivity contribution in [3.63, 3.8) is 0 Å². The van der Waals surface area contributed by atoms with Gasteiger partial charge in [0.1, 0.15) is 0 Å². The molecule has 0 bridgehead atoms. The molecule has 10 heavy (non-hydrogen) atoms. The third-order valence-electron chi connectivity index (χ3n) is 3.20. The van der Waals surface area contributed by atoms with Crippen LogP contribution in [0, 0.1) is 11.3 Å². The van der Waals surface area contributed by atoms with Crippen LogP contribution in [-0.4, -0.2) is 13.2 Å².